The van der Waals surface area contributed by atoms with E-state index in [4.69, 9.17) is 5.11 Å². The molecule has 0 aromatic carbocycles. The quantitative estimate of drug-likeness (QED) is 0.771. The van der Waals surface area contributed by atoms with E-state index >= 15 is 0 Å². The van der Waals surface area contributed by atoms with Gasteiger partial charge in [-0.2, -0.15) is 0 Å². The van der Waals surface area contributed by atoms with E-state index in [0.717, 1.165) is 32.4 Å². The molecular formula is C15H30N2O2. The monoisotopic (exact) mass is 270 g/mol. The number of aliphatic hydroxyl groups is 1. The summed E-state index contributed by atoms with van der Waals surface area (Å²) in [6.07, 6.45) is 2.95. The molecule has 19 heavy (non-hydrogen) atoms. The molecule has 112 valence electrons. The summed E-state index contributed by atoms with van der Waals surface area (Å²) in [5.41, 5.74) is 0. The maximum Gasteiger partial charge on any atom is 0.222 e. The lowest BCUT2D eigenvalue weighted by atomic mass is 9.90. The van der Waals surface area contributed by atoms with E-state index in [1.165, 1.54) is 0 Å². The molecule has 0 radical (unpaired) electrons. The summed E-state index contributed by atoms with van der Waals surface area (Å²) in [5.74, 6) is 0.666. The number of nitrogens with one attached hydrogen (secondary N) is 1. The molecule has 1 heterocycles. The van der Waals surface area contributed by atoms with E-state index in [-0.39, 0.29) is 24.5 Å². The summed E-state index contributed by atoms with van der Waals surface area (Å²) in [5, 5.41) is 12.3. The first-order valence-corrected chi connectivity index (χ1v) is 7.63. The SMILES string of the molecule is CCC(C)N1CC(CCO)CC(NC(=O)C(C)C)C1. The van der Waals surface area contributed by atoms with Crippen LogP contribution in [0, 0.1) is 11.8 Å². The molecule has 1 saturated heterocycles. The Bertz CT molecular complexity index is 281. The van der Waals surface area contributed by atoms with Gasteiger partial charge in [0.1, 0.15) is 0 Å². The van der Waals surface area contributed by atoms with E-state index < -0.39 is 0 Å². The van der Waals surface area contributed by atoms with Crippen molar-refractivity contribution in [2.24, 2.45) is 11.8 Å². The minimum absolute atomic E-state index is 0.0373. The van der Waals surface area contributed by atoms with Crippen molar-refractivity contribution in [2.75, 3.05) is 19.7 Å². The van der Waals surface area contributed by atoms with Crippen LogP contribution in [0.2, 0.25) is 0 Å². The highest BCUT2D eigenvalue weighted by molar-refractivity contribution is 5.78. The highest BCUT2D eigenvalue weighted by Gasteiger charge is 2.30. The summed E-state index contributed by atoms with van der Waals surface area (Å²) in [6, 6.07) is 0.772. The van der Waals surface area contributed by atoms with Gasteiger partial charge in [-0.05, 0) is 32.1 Å². The van der Waals surface area contributed by atoms with Crippen molar-refractivity contribution in [3.8, 4) is 0 Å². The van der Waals surface area contributed by atoms with Gasteiger partial charge in [-0.25, -0.2) is 0 Å². The molecular weight excluding hydrogens is 240 g/mol. The van der Waals surface area contributed by atoms with Crippen LogP contribution < -0.4 is 5.32 Å². The average molecular weight is 270 g/mol. The number of nitrogens with zero attached hydrogens (tertiary/aromatic N) is 1. The third-order valence-electron chi connectivity index (χ3n) is 4.19. The molecule has 0 aliphatic carbocycles. The minimum Gasteiger partial charge on any atom is -0.396 e. The number of piperidine rings is 1. The molecule has 4 heteroatoms. The fraction of sp³-hybridized carbons (Fsp3) is 0.933. The van der Waals surface area contributed by atoms with Gasteiger partial charge in [-0.15, -0.1) is 0 Å². The first kappa shape index (κ1) is 16.4. The first-order chi connectivity index (χ1) is 8.97. The lowest BCUT2D eigenvalue weighted by molar-refractivity contribution is -0.125. The molecule has 1 aliphatic heterocycles. The topological polar surface area (TPSA) is 52.6 Å². The summed E-state index contributed by atoms with van der Waals surface area (Å²) in [4.78, 5) is 14.3. The molecule has 1 aliphatic rings. The molecule has 0 spiro atoms. The number of aliphatic hydroxyl groups excluding tert-OH is 1. The summed E-state index contributed by atoms with van der Waals surface area (Å²) >= 11 is 0. The van der Waals surface area contributed by atoms with Gasteiger partial charge >= 0.3 is 0 Å². The smallest absolute Gasteiger partial charge is 0.222 e. The average Bonchev–Trinajstić information content (AvgIpc) is 2.37. The second-order valence-corrected chi connectivity index (χ2v) is 6.19. The Morgan fingerprint density at radius 1 is 1.37 bits per heavy atom. The van der Waals surface area contributed by atoms with Crippen molar-refractivity contribution in [2.45, 2.75) is 59.0 Å². The number of hydrogen-bond donors (Lipinski definition) is 2. The van der Waals surface area contributed by atoms with Gasteiger partial charge in [-0.1, -0.05) is 20.8 Å². The molecule has 1 amide bonds. The minimum atomic E-state index is 0.0373. The molecule has 2 N–H and O–H groups in total. The van der Waals surface area contributed by atoms with Crippen LogP contribution in [0.5, 0.6) is 0 Å². The van der Waals surface area contributed by atoms with Crippen molar-refractivity contribution < 1.29 is 9.90 Å². The van der Waals surface area contributed by atoms with Gasteiger partial charge in [0.15, 0.2) is 0 Å². The van der Waals surface area contributed by atoms with E-state index in [1.807, 2.05) is 13.8 Å². The van der Waals surface area contributed by atoms with Crippen molar-refractivity contribution in [1.82, 2.24) is 10.2 Å². The van der Waals surface area contributed by atoms with Crippen LogP contribution in [0.1, 0.15) is 47.0 Å². The predicted molar refractivity (Wildman–Crippen MR) is 77.9 cm³/mol. The maximum absolute atomic E-state index is 11.8. The van der Waals surface area contributed by atoms with Crippen molar-refractivity contribution >= 4 is 5.91 Å². The Morgan fingerprint density at radius 3 is 2.58 bits per heavy atom. The van der Waals surface area contributed by atoms with Crippen LogP contribution >= 0.6 is 0 Å². The molecule has 0 bridgehead atoms. The highest BCUT2D eigenvalue weighted by atomic mass is 16.3. The van der Waals surface area contributed by atoms with Gasteiger partial charge in [0.25, 0.3) is 0 Å². The molecule has 4 nitrogen and oxygen atoms in total. The van der Waals surface area contributed by atoms with Gasteiger partial charge < -0.3 is 10.4 Å². The third kappa shape index (κ3) is 5.11. The summed E-state index contributed by atoms with van der Waals surface area (Å²) < 4.78 is 0. The van der Waals surface area contributed by atoms with E-state index in [0.29, 0.717) is 12.0 Å². The van der Waals surface area contributed by atoms with Crippen LogP contribution in [-0.2, 0) is 4.79 Å². The molecule has 0 saturated carbocycles. The Balaban J connectivity index is 2.61. The van der Waals surface area contributed by atoms with Crippen LogP contribution in [-0.4, -0.2) is 47.7 Å². The maximum atomic E-state index is 11.8. The first-order valence-electron chi connectivity index (χ1n) is 7.63. The van der Waals surface area contributed by atoms with Gasteiger partial charge in [-0.3, -0.25) is 9.69 Å². The fourth-order valence-corrected chi connectivity index (χ4v) is 2.72. The number of amides is 1. The zero-order valence-electron chi connectivity index (χ0n) is 12.9. The molecule has 1 rings (SSSR count). The van der Waals surface area contributed by atoms with E-state index in [9.17, 15) is 4.79 Å². The van der Waals surface area contributed by atoms with Gasteiger partial charge in [0, 0.05) is 37.7 Å². The second-order valence-electron chi connectivity index (χ2n) is 6.19. The normalized spacial score (nSPS) is 26.4. The number of likely N-dealkylation sites (tertiary alicyclic amines) is 1. The zero-order valence-corrected chi connectivity index (χ0v) is 12.9. The summed E-state index contributed by atoms with van der Waals surface area (Å²) in [6.45, 7) is 10.5. The molecule has 3 atom stereocenters. The van der Waals surface area contributed by atoms with Crippen LogP contribution in [0.15, 0.2) is 0 Å². The molecule has 1 fully saturated rings. The van der Waals surface area contributed by atoms with Crippen LogP contribution in [0.3, 0.4) is 0 Å². The van der Waals surface area contributed by atoms with Gasteiger partial charge in [0.2, 0.25) is 5.91 Å². The van der Waals surface area contributed by atoms with E-state index in [1.54, 1.807) is 0 Å². The summed E-state index contributed by atoms with van der Waals surface area (Å²) in [7, 11) is 0. The Morgan fingerprint density at radius 2 is 2.05 bits per heavy atom. The van der Waals surface area contributed by atoms with Crippen molar-refractivity contribution in [3.63, 3.8) is 0 Å². The highest BCUT2D eigenvalue weighted by Crippen LogP contribution is 2.22. The largest absolute Gasteiger partial charge is 0.396 e. The zero-order chi connectivity index (χ0) is 14.4. The Hall–Kier alpha value is -0.610. The lowest BCUT2D eigenvalue weighted by Crippen LogP contribution is -2.53. The second kappa shape index (κ2) is 7.85. The standard InChI is InChI=1S/C15H30N2O2/c1-5-12(4)17-9-13(6-7-18)8-14(10-17)16-15(19)11(2)3/h11-14,18H,5-10H2,1-4H3,(H,16,19). The molecule has 0 aromatic heterocycles. The van der Waals surface area contributed by atoms with Gasteiger partial charge in [0.05, 0.1) is 0 Å². The predicted octanol–water partition coefficient (Wildman–Crippen LogP) is 1.63. The molecule has 3 unspecified atom stereocenters. The number of hydrogen-bond acceptors (Lipinski definition) is 3. The number of carbonyl (C=O) groups excluding carboxylic acids is 1. The fourth-order valence-electron chi connectivity index (χ4n) is 2.72. The van der Waals surface area contributed by atoms with Crippen molar-refractivity contribution in [1.29, 1.82) is 0 Å². The Labute approximate surface area is 117 Å². The Kier molecular flexibility index (Phi) is 6.80. The van der Waals surface area contributed by atoms with Crippen LogP contribution in [0.4, 0.5) is 0 Å². The van der Waals surface area contributed by atoms with Crippen molar-refractivity contribution in [3.05, 3.63) is 0 Å². The number of rotatable bonds is 6. The van der Waals surface area contributed by atoms with Crippen LogP contribution in [0.25, 0.3) is 0 Å². The number of carbonyl (C=O) groups is 1. The van der Waals surface area contributed by atoms with E-state index in [2.05, 4.69) is 24.1 Å². The lowest BCUT2D eigenvalue weighted by Gasteiger charge is -2.41. The third-order valence-corrected chi connectivity index (χ3v) is 4.19. The molecule has 0 aromatic rings.